The van der Waals surface area contributed by atoms with Crippen molar-refractivity contribution in [1.29, 1.82) is 0 Å². The van der Waals surface area contributed by atoms with Gasteiger partial charge in [0.25, 0.3) is 0 Å². The summed E-state index contributed by atoms with van der Waals surface area (Å²) in [5, 5.41) is 0. The monoisotopic (exact) mass is 374 g/mol. The van der Waals surface area contributed by atoms with Gasteiger partial charge in [0.05, 0.1) is 0 Å². The van der Waals surface area contributed by atoms with Crippen LogP contribution < -0.4 is 0 Å². The minimum Gasteiger partial charge on any atom is -0.0654 e. The van der Waals surface area contributed by atoms with E-state index in [1.54, 1.807) is 70.6 Å². The van der Waals surface area contributed by atoms with Gasteiger partial charge in [-0.1, -0.05) is 97.3 Å². The summed E-state index contributed by atoms with van der Waals surface area (Å²) in [6, 6.07) is 0. The second-order valence-electron chi connectivity index (χ2n) is 11.0. The molecule has 0 aromatic carbocycles. The van der Waals surface area contributed by atoms with Crippen molar-refractivity contribution >= 4 is 0 Å². The number of unbranched alkanes of at least 4 members (excludes halogenated alkanes) is 1. The smallest absolute Gasteiger partial charge is 0.0386 e. The van der Waals surface area contributed by atoms with Crippen LogP contribution in [0.5, 0.6) is 0 Å². The standard InChI is InChI=1S/C27H50/c1-3-4-10-24-14-16-26(17-15-24)27-20-18-25(19-21-27)22(2)9-8-13-23-11-6-5-7-12-23/h22-27H,3-21H2,1-2H3/t22?,24-,25?,26-,27?. The molecule has 0 aromatic rings. The Morgan fingerprint density at radius 1 is 0.630 bits per heavy atom. The first kappa shape index (κ1) is 21.7. The molecule has 0 amide bonds. The molecule has 0 spiro atoms. The van der Waals surface area contributed by atoms with Crippen LogP contribution in [-0.2, 0) is 0 Å². The van der Waals surface area contributed by atoms with Gasteiger partial charge in [0.1, 0.15) is 0 Å². The summed E-state index contributed by atoms with van der Waals surface area (Å²) in [6.07, 6.45) is 29.1. The van der Waals surface area contributed by atoms with E-state index in [4.69, 9.17) is 0 Å². The molecular weight excluding hydrogens is 324 g/mol. The highest BCUT2D eigenvalue weighted by atomic mass is 14.4. The van der Waals surface area contributed by atoms with Crippen molar-refractivity contribution in [2.45, 2.75) is 136 Å². The predicted octanol–water partition coefficient (Wildman–Crippen LogP) is 9.18. The molecule has 27 heavy (non-hydrogen) atoms. The molecule has 0 aliphatic heterocycles. The average Bonchev–Trinajstić information content (AvgIpc) is 2.73. The molecule has 0 aromatic heterocycles. The highest BCUT2D eigenvalue weighted by molar-refractivity contribution is 4.83. The lowest BCUT2D eigenvalue weighted by Crippen LogP contribution is -2.27. The van der Waals surface area contributed by atoms with E-state index in [1.165, 1.54) is 51.4 Å². The van der Waals surface area contributed by atoms with Crippen LogP contribution in [0.15, 0.2) is 0 Å². The SMILES string of the molecule is CCCC[C@H]1CC[C@H](C2CCC(C(C)CCCC3CCCCC3)CC2)CC1. The molecule has 0 N–H and O–H groups in total. The van der Waals surface area contributed by atoms with Gasteiger partial charge in [0.15, 0.2) is 0 Å². The van der Waals surface area contributed by atoms with E-state index >= 15 is 0 Å². The molecular formula is C27H50. The molecule has 0 bridgehead atoms. The zero-order valence-electron chi connectivity index (χ0n) is 18.9. The fourth-order valence-electron chi connectivity index (χ4n) is 7.07. The minimum absolute atomic E-state index is 0.999. The summed E-state index contributed by atoms with van der Waals surface area (Å²) < 4.78 is 0. The van der Waals surface area contributed by atoms with Crippen LogP contribution in [0.3, 0.4) is 0 Å². The Kier molecular flexibility index (Phi) is 9.54. The summed E-state index contributed by atoms with van der Waals surface area (Å²) in [7, 11) is 0. The van der Waals surface area contributed by atoms with Crippen LogP contribution in [0.1, 0.15) is 136 Å². The molecule has 1 atom stereocenters. The van der Waals surface area contributed by atoms with Crippen molar-refractivity contribution in [3.63, 3.8) is 0 Å². The van der Waals surface area contributed by atoms with E-state index in [0.717, 1.165) is 35.5 Å². The Bertz CT molecular complexity index is 363. The van der Waals surface area contributed by atoms with Gasteiger partial charge in [-0.05, 0) is 74.0 Å². The predicted molar refractivity (Wildman–Crippen MR) is 120 cm³/mol. The zero-order valence-corrected chi connectivity index (χ0v) is 18.9. The largest absolute Gasteiger partial charge is 0.0654 e. The zero-order chi connectivity index (χ0) is 18.9. The van der Waals surface area contributed by atoms with Crippen LogP contribution in [0.4, 0.5) is 0 Å². The van der Waals surface area contributed by atoms with Gasteiger partial charge in [-0.15, -0.1) is 0 Å². The van der Waals surface area contributed by atoms with Gasteiger partial charge in [-0.2, -0.15) is 0 Å². The first-order chi connectivity index (χ1) is 13.3. The molecule has 3 aliphatic rings. The Morgan fingerprint density at radius 3 is 1.81 bits per heavy atom. The first-order valence-electron chi connectivity index (χ1n) is 13.3. The van der Waals surface area contributed by atoms with E-state index in [9.17, 15) is 0 Å². The van der Waals surface area contributed by atoms with Crippen molar-refractivity contribution in [2.75, 3.05) is 0 Å². The average molecular weight is 375 g/mol. The molecule has 3 rings (SSSR count). The van der Waals surface area contributed by atoms with Crippen LogP contribution >= 0.6 is 0 Å². The first-order valence-corrected chi connectivity index (χ1v) is 13.3. The summed E-state index contributed by atoms with van der Waals surface area (Å²) in [5.74, 6) is 6.44. The van der Waals surface area contributed by atoms with Crippen LogP contribution in [0.25, 0.3) is 0 Å². The lowest BCUT2D eigenvalue weighted by atomic mass is 9.67. The third kappa shape index (κ3) is 7.08. The molecule has 3 fully saturated rings. The fraction of sp³-hybridized carbons (Fsp3) is 1.00. The van der Waals surface area contributed by atoms with E-state index in [0.29, 0.717) is 0 Å². The summed E-state index contributed by atoms with van der Waals surface area (Å²) in [6.45, 7) is 4.94. The maximum Gasteiger partial charge on any atom is -0.0386 e. The molecule has 0 heteroatoms. The Balaban J connectivity index is 1.28. The van der Waals surface area contributed by atoms with Gasteiger partial charge >= 0.3 is 0 Å². The van der Waals surface area contributed by atoms with Crippen LogP contribution in [0, 0.1) is 35.5 Å². The van der Waals surface area contributed by atoms with Crippen LogP contribution in [0.2, 0.25) is 0 Å². The maximum atomic E-state index is 2.59. The summed E-state index contributed by atoms with van der Waals surface area (Å²) >= 11 is 0. The normalized spacial score (nSPS) is 34.4. The molecule has 0 saturated heterocycles. The fourth-order valence-corrected chi connectivity index (χ4v) is 7.07. The van der Waals surface area contributed by atoms with E-state index in [2.05, 4.69) is 13.8 Å². The van der Waals surface area contributed by atoms with E-state index < -0.39 is 0 Å². The van der Waals surface area contributed by atoms with Gasteiger partial charge in [-0.3, -0.25) is 0 Å². The van der Waals surface area contributed by atoms with Crippen molar-refractivity contribution in [3.8, 4) is 0 Å². The Labute approximate surface area is 171 Å². The van der Waals surface area contributed by atoms with Gasteiger partial charge in [0, 0.05) is 0 Å². The van der Waals surface area contributed by atoms with Gasteiger partial charge in [0.2, 0.25) is 0 Å². The molecule has 3 aliphatic carbocycles. The molecule has 1 unspecified atom stereocenters. The number of rotatable bonds is 9. The molecule has 0 radical (unpaired) electrons. The summed E-state index contributed by atoms with van der Waals surface area (Å²) in [5.41, 5.74) is 0. The Hall–Kier alpha value is 0. The topological polar surface area (TPSA) is 0 Å². The molecule has 0 nitrogen and oxygen atoms in total. The minimum atomic E-state index is 0.999. The lowest BCUT2D eigenvalue weighted by Gasteiger charge is -2.39. The van der Waals surface area contributed by atoms with E-state index in [-0.39, 0.29) is 0 Å². The quantitative estimate of drug-likeness (QED) is 0.377. The third-order valence-electron chi connectivity index (χ3n) is 9.14. The number of hydrogen-bond acceptors (Lipinski definition) is 0. The molecule has 158 valence electrons. The van der Waals surface area contributed by atoms with Gasteiger partial charge < -0.3 is 0 Å². The second kappa shape index (κ2) is 11.9. The molecule has 0 heterocycles. The van der Waals surface area contributed by atoms with E-state index in [1.807, 2.05) is 0 Å². The molecule has 3 saturated carbocycles. The van der Waals surface area contributed by atoms with Crippen molar-refractivity contribution in [1.82, 2.24) is 0 Å². The third-order valence-corrected chi connectivity index (χ3v) is 9.14. The lowest BCUT2D eigenvalue weighted by molar-refractivity contribution is 0.123. The number of hydrogen-bond donors (Lipinski definition) is 0. The van der Waals surface area contributed by atoms with Crippen molar-refractivity contribution in [2.24, 2.45) is 35.5 Å². The second-order valence-corrected chi connectivity index (χ2v) is 11.0. The Morgan fingerprint density at radius 2 is 1.19 bits per heavy atom. The highest BCUT2D eigenvalue weighted by Crippen LogP contribution is 2.44. The summed E-state index contributed by atoms with van der Waals surface area (Å²) in [4.78, 5) is 0. The highest BCUT2D eigenvalue weighted by Gasteiger charge is 2.32. The maximum absolute atomic E-state index is 2.59. The van der Waals surface area contributed by atoms with Crippen molar-refractivity contribution < 1.29 is 0 Å². The van der Waals surface area contributed by atoms with Gasteiger partial charge in [-0.25, -0.2) is 0 Å². The van der Waals surface area contributed by atoms with Crippen molar-refractivity contribution in [3.05, 3.63) is 0 Å². The van der Waals surface area contributed by atoms with Crippen LogP contribution in [-0.4, -0.2) is 0 Å².